The summed E-state index contributed by atoms with van der Waals surface area (Å²) in [6.45, 7) is 0. The molecule has 1 saturated heterocycles. The van der Waals surface area contributed by atoms with E-state index in [1.807, 2.05) is 0 Å². The van der Waals surface area contributed by atoms with Crippen molar-refractivity contribution in [2.45, 2.75) is 18.6 Å². The number of esters is 1. The number of fused-ring (bicyclic) bond motifs is 1. The lowest BCUT2D eigenvalue weighted by atomic mass is 10.00. The number of carbonyl (C=O) groups excluding carboxylic acids is 1. The average Bonchev–Trinajstić information content (AvgIpc) is 2.52. The van der Waals surface area contributed by atoms with Crippen LogP contribution in [0.5, 0.6) is 0 Å². The molecule has 5 nitrogen and oxygen atoms in total. The highest BCUT2D eigenvalue weighted by atomic mass is 16.5. The number of azide groups is 1. The van der Waals surface area contributed by atoms with Gasteiger partial charge in [0.25, 0.3) is 0 Å². The minimum atomic E-state index is -0.202. The van der Waals surface area contributed by atoms with Gasteiger partial charge in [0.05, 0.1) is 12.5 Å². The molecule has 1 fully saturated rings. The van der Waals surface area contributed by atoms with Crippen LogP contribution in [-0.2, 0) is 9.53 Å². The number of nitrogens with zero attached hydrogens (tertiary/aromatic N) is 3. The largest absolute Gasteiger partial charge is 0.458 e. The van der Waals surface area contributed by atoms with Gasteiger partial charge < -0.3 is 4.74 Å². The fraction of sp³-hybridized carbons (Fsp3) is 0.571. The summed E-state index contributed by atoms with van der Waals surface area (Å²) in [6, 6.07) is -0.202. The molecule has 0 spiro atoms. The van der Waals surface area contributed by atoms with Gasteiger partial charge in [-0.25, -0.2) is 0 Å². The van der Waals surface area contributed by atoms with Gasteiger partial charge in [-0.3, -0.25) is 4.79 Å². The fourth-order valence-corrected chi connectivity index (χ4v) is 1.64. The molecule has 62 valence electrons. The van der Waals surface area contributed by atoms with Crippen LogP contribution in [0.4, 0.5) is 0 Å². The maximum Gasteiger partial charge on any atom is 0.306 e. The smallest absolute Gasteiger partial charge is 0.306 e. The maximum absolute atomic E-state index is 10.8. The van der Waals surface area contributed by atoms with E-state index in [1.165, 1.54) is 0 Å². The van der Waals surface area contributed by atoms with Crippen molar-refractivity contribution in [2.75, 3.05) is 0 Å². The molecule has 1 aliphatic heterocycles. The molecule has 2 rings (SSSR count). The van der Waals surface area contributed by atoms with Crippen LogP contribution in [-0.4, -0.2) is 18.1 Å². The molecule has 0 N–H and O–H groups in total. The zero-order valence-corrected chi connectivity index (χ0v) is 6.25. The second-order valence-corrected chi connectivity index (χ2v) is 2.90. The quantitative estimate of drug-likeness (QED) is 0.192. The van der Waals surface area contributed by atoms with E-state index >= 15 is 0 Å². The van der Waals surface area contributed by atoms with Crippen molar-refractivity contribution < 1.29 is 9.53 Å². The molecular weight excluding hydrogens is 158 g/mol. The van der Waals surface area contributed by atoms with Gasteiger partial charge >= 0.3 is 5.97 Å². The van der Waals surface area contributed by atoms with E-state index in [9.17, 15) is 4.79 Å². The van der Waals surface area contributed by atoms with Crippen molar-refractivity contribution in [1.82, 2.24) is 0 Å². The first-order chi connectivity index (χ1) is 5.81. The van der Waals surface area contributed by atoms with Gasteiger partial charge in [-0.2, -0.15) is 0 Å². The molecule has 0 aromatic rings. The van der Waals surface area contributed by atoms with Gasteiger partial charge in [0.1, 0.15) is 6.10 Å². The minimum absolute atomic E-state index is 0.0356. The van der Waals surface area contributed by atoms with Crippen molar-refractivity contribution in [3.8, 4) is 0 Å². The SMILES string of the molecule is [N-]=[N+]=N[C@H]1C=C[C@@H]2OC(=O)C[C@H]12. The second-order valence-electron chi connectivity index (χ2n) is 2.90. The van der Waals surface area contributed by atoms with Gasteiger partial charge in [-0.15, -0.1) is 0 Å². The molecule has 0 amide bonds. The molecule has 1 heterocycles. The van der Waals surface area contributed by atoms with Crippen LogP contribution in [0.1, 0.15) is 6.42 Å². The van der Waals surface area contributed by atoms with Crippen LogP contribution in [0.25, 0.3) is 10.4 Å². The Kier molecular flexibility index (Phi) is 1.52. The van der Waals surface area contributed by atoms with Gasteiger partial charge in [-0.05, 0) is 11.6 Å². The lowest BCUT2D eigenvalue weighted by molar-refractivity contribution is -0.140. The lowest BCUT2D eigenvalue weighted by Crippen LogP contribution is -2.16. The summed E-state index contributed by atoms with van der Waals surface area (Å²) in [7, 11) is 0. The number of carbonyl (C=O) groups is 1. The Morgan fingerprint density at radius 3 is 3.25 bits per heavy atom. The summed E-state index contributed by atoms with van der Waals surface area (Å²) in [5, 5.41) is 3.56. The van der Waals surface area contributed by atoms with Gasteiger partial charge in [0.15, 0.2) is 0 Å². The van der Waals surface area contributed by atoms with E-state index < -0.39 is 0 Å². The van der Waals surface area contributed by atoms with Crippen LogP contribution >= 0.6 is 0 Å². The minimum Gasteiger partial charge on any atom is -0.458 e. The lowest BCUT2D eigenvalue weighted by Gasteiger charge is -2.09. The molecule has 0 radical (unpaired) electrons. The van der Waals surface area contributed by atoms with Crippen molar-refractivity contribution in [3.63, 3.8) is 0 Å². The Morgan fingerprint density at radius 2 is 2.50 bits per heavy atom. The molecule has 12 heavy (non-hydrogen) atoms. The maximum atomic E-state index is 10.8. The van der Waals surface area contributed by atoms with E-state index in [2.05, 4.69) is 10.0 Å². The van der Waals surface area contributed by atoms with Crippen molar-refractivity contribution in [1.29, 1.82) is 0 Å². The molecule has 5 heteroatoms. The first kappa shape index (κ1) is 7.18. The van der Waals surface area contributed by atoms with Crippen LogP contribution in [0, 0.1) is 5.92 Å². The van der Waals surface area contributed by atoms with Gasteiger partial charge in [0, 0.05) is 10.8 Å². The Morgan fingerprint density at radius 1 is 1.67 bits per heavy atom. The van der Waals surface area contributed by atoms with Crippen molar-refractivity contribution in [3.05, 3.63) is 22.6 Å². The normalized spacial score (nSPS) is 37.3. The molecule has 3 atom stereocenters. The molecule has 0 saturated carbocycles. The van der Waals surface area contributed by atoms with E-state index in [0.29, 0.717) is 6.42 Å². The first-order valence-electron chi connectivity index (χ1n) is 3.73. The Bertz CT molecular complexity index is 293. The molecule has 0 aromatic heterocycles. The zero-order chi connectivity index (χ0) is 8.55. The second kappa shape index (κ2) is 2.53. The predicted octanol–water partition coefficient (Wildman–Crippen LogP) is 1.17. The van der Waals surface area contributed by atoms with Crippen LogP contribution in [0.3, 0.4) is 0 Å². The highest BCUT2D eigenvalue weighted by Crippen LogP contribution is 2.33. The molecule has 0 unspecified atom stereocenters. The third-order valence-corrected chi connectivity index (χ3v) is 2.21. The molecule has 1 aliphatic carbocycles. The standard InChI is InChI=1S/C7H7N3O2/c8-10-9-5-1-2-6-4(5)3-7(11)12-6/h1-2,4-6H,3H2/t4-,5+,6+/m1/s1. The number of rotatable bonds is 1. The van der Waals surface area contributed by atoms with E-state index in [1.54, 1.807) is 12.2 Å². The first-order valence-corrected chi connectivity index (χ1v) is 3.73. The van der Waals surface area contributed by atoms with Gasteiger partial charge in [0.2, 0.25) is 0 Å². The van der Waals surface area contributed by atoms with Crippen molar-refractivity contribution in [2.24, 2.45) is 11.0 Å². The van der Waals surface area contributed by atoms with Crippen LogP contribution in [0.2, 0.25) is 0 Å². The monoisotopic (exact) mass is 165 g/mol. The number of hydrogen-bond acceptors (Lipinski definition) is 3. The molecule has 2 aliphatic rings. The average molecular weight is 165 g/mol. The topological polar surface area (TPSA) is 75.1 Å². The van der Waals surface area contributed by atoms with E-state index in [-0.39, 0.29) is 24.0 Å². The fourth-order valence-electron chi connectivity index (χ4n) is 1.64. The summed E-state index contributed by atoms with van der Waals surface area (Å²) in [6.07, 6.45) is 3.78. The molecular formula is C7H7N3O2. The third-order valence-electron chi connectivity index (χ3n) is 2.21. The summed E-state index contributed by atoms with van der Waals surface area (Å²) >= 11 is 0. The summed E-state index contributed by atoms with van der Waals surface area (Å²) in [5.74, 6) is -0.166. The molecule has 0 aromatic carbocycles. The number of hydrogen-bond donors (Lipinski definition) is 0. The summed E-state index contributed by atoms with van der Waals surface area (Å²) in [5.41, 5.74) is 8.21. The Hall–Kier alpha value is -1.48. The highest BCUT2D eigenvalue weighted by Gasteiger charge is 2.40. The van der Waals surface area contributed by atoms with Crippen molar-refractivity contribution >= 4 is 5.97 Å². The third kappa shape index (κ3) is 0.950. The van der Waals surface area contributed by atoms with Crippen LogP contribution in [0.15, 0.2) is 17.3 Å². The van der Waals surface area contributed by atoms with E-state index in [0.717, 1.165) is 0 Å². The predicted molar refractivity (Wildman–Crippen MR) is 40.1 cm³/mol. The summed E-state index contributed by atoms with van der Waals surface area (Å²) in [4.78, 5) is 13.5. The summed E-state index contributed by atoms with van der Waals surface area (Å²) < 4.78 is 4.95. The highest BCUT2D eigenvalue weighted by molar-refractivity contribution is 5.73. The zero-order valence-electron chi connectivity index (χ0n) is 6.25. The Labute approximate surface area is 68.6 Å². The van der Waals surface area contributed by atoms with Gasteiger partial charge in [-0.1, -0.05) is 11.2 Å². The van der Waals surface area contributed by atoms with E-state index in [4.69, 9.17) is 10.3 Å². The Balaban J connectivity index is 2.18. The van der Waals surface area contributed by atoms with Crippen LogP contribution < -0.4 is 0 Å². The molecule has 0 bridgehead atoms. The number of ether oxygens (including phenoxy) is 1.